The van der Waals surface area contributed by atoms with Gasteiger partial charge in [0.15, 0.2) is 9.84 Å². The summed E-state index contributed by atoms with van der Waals surface area (Å²) in [4.78, 5) is 19.0. The summed E-state index contributed by atoms with van der Waals surface area (Å²) < 4.78 is 23.9. The van der Waals surface area contributed by atoms with Crippen LogP contribution in [0.4, 0.5) is 0 Å². The topological polar surface area (TPSA) is 79.4 Å². The van der Waals surface area contributed by atoms with Gasteiger partial charge < -0.3 is 10.2 Å². The SMILES string of the molecule is O=C(c1cccc(-c2nccs2)c1)N1CCN[C@@H]2CS(=O)(=O)C[C@@H]21. The summed E-state index contributed by atoms with van der Waals surface area (Å²) in [5.41, 5.74) is 1.48. The van der Waals surface area contributed by atoms with Crippen molar-refractivity contribution in [1.82, 2.24) is 15.2 Å². The molecule has 0 saturated carbocycles. The Labute approximate surface area is 144 Å². The van der Waals surface area contributed by atoms with E-state index in [9.17, 15) is 13.2 Å². The van der Waals surface area contributed by atoms with Gasteiger partial charge in [-0.05, 0) is 12.1 Å². The third kappa shape index (κ3) is 2.85. The zero-order chi connectivity index (χ0) is 16.7. The molecular weight excluding hydrogens is 346 g/mol. The highest BCUT2D eigenvalue weighted by atomic mass is 32.2. The first-order valence-corrected chi connectivity index (χ1v) is 10.5. The Balaban J connectivity index is 1.63. The Kier molecular flexibility index (Phi) is 3.90. The molecule has 0 aliphatic carbocycles. The number of amides is 1. The van der Waals surface area contributed by atoms with E-state index in [1.807, 2.05) is 23.6 Å². The molecule has 2 aliphatic rings. The minimum absolute atomic E-state index is 0.0442. The van der Waals surface area contributed by atoms with Crippen LogP contribution in [0.3, 0.4) is 0 Å². The molecule has 24 heavy (non-hydrogen) atoms. The van der Waals surface area contributed by atoms with Crippen molar-refractivity contribution in [3.63, 3.8) is 0 Å². The summed E-state index contributed by atoms with van der Waals surface area (Å²) in [6.07, 6.45) is 1.73. The number of fused-ring (bicyclic) bond motifs is 1. The molecule has 0 unspecified atom stereocenters. The molecule has 1 N–H and O–H groups in total. The molecule has 2 aliphatic heterocycles. The summed E-state index contributed by atoms with van der Waals surface area (Å²) in [5, 5.41) is 5.99. The van der Waals surface area contributed by atoms with E-state index in [0.29, 0.717) is 18.7 Å². The number of carbonyl (C=O) groups excluding carboxylic acids is 1. The van der Waals surface area contributed by atoms with Crippen molar-refractivity contribution < 1.29 is 13.2 Å². The van der Waals surface area contributed by atoms with Crippen LogP contribution in [0.2, 0.25) is 0 Å². The lowest BCUT2D eigenvalue weighted by Gasteiger charge is -2.37. The highest BCUT2D eigenvalue weighted by molar-refractivity contribution is 7.91. The molecule has 2 aromatic rings. The third-order valence-corrected chi connectivity index (χ3v) is 7.07. The predicted octanol–water partition coefficient (Wildman–Crippen LogP) is 1.02. The summed E-state index contributed by atoms with van der Waals surface area (Å²) >= 11 is 1.52. The first-order chi connectivity index (χ1) is 11.5. The zero-order valence-electron chi connectivity index (χ0n) is 12.9. The van der Waals surface area contributed by atoms with Gasteiger partial charge in [0.1, 0.15) is 5.01 Å². The van der Waals surface area contributed by atoms with Gasteiger partial charge in [-0.2, -0.15) is 0 Å². The maximum atomic E-state index is 13.0. The first-order valence-electron chi connectivity index (χ1n) is 7.78. The fourth-order valence-electron chi connectivity index (χ4n) is 3.44. The molecule has 126 valence electrons. The molecular formula is C16H17N3O3S2. The van der Waals surface area contributed by atoms with E-state index < -0.39 is 9.84 Å². The van der Waals surface area contributed by atoms with Crippen LogP contribution in [0.5, 0.6) is 0 Å². The second kappa shape index (κ2) is 5.94. The summed E-state index contributed by atoms with van der Waals surface area (Å²) in [6.45, 7) is 1.14. The maximum absolute atomic E-state index is 13.0. The normalized spacial score (nSPS) is 25.4. The number of nitrogens with zero attached hydrogens (tertiary/aromatic N) is 2. The maximum Gasteiger partial charge on any atom is 0.254 e. The summed E-state index contributed by atoms with van der Waals surface area (Å²) in [7, 11) is -3.09. The number of nitrogens with one attached hydrogen (secondary N) is 1. The Bertz CT molecular complexity index is 864. The Morgan fingerprint density at radius 3 is 3.00 bits per heavy atom. The number of benzene rings is 1. The lowest BCUT2D eigenvalue weighted by atomic mass is 10.0. The van der Waals surface area contributed by atoms with Crippen LogP contribution in [-0.4, -0.2) is 60.9 Å². The van der Waals surface area contributed by atoms with Crippen molar-refractivity contribution >= 4 is 27.1 Å². The number of hydrogen-bond acceptors (Lipinski definition) is 6. The average Bonchev–Trinajstić information content (AvgIpc) is 3.19. The number of rotatable bonds is 2. The quantitative estimate of drug-likeness (QED) is 0.862. The minimum atomic E-state index is -3.09. The van der Waals surface area contributed by atoms with Crippen LogP contribution in [0.25, 0.3) is 10.6 Å². The molecule has 4 rings (SSSR count). The van der Waals surface area contributed by atoms with Gasteiger partial charge in [0, 0.05) is 41.8 Å². The van der Waals surface area contributed by atoms with Gasteiger partial charge in [-0.1, -0.05) is 12.1 Å². The lowest BCUT2D eigenvalue weighted by molar-refractivity contribution is 0.0621. The number of piperazine rings is 1. The summed E-state index contributed by atoms with van der Waals surface area (Å²) in [5.74, 6) is 0.0467. The molecule has 0 radical (unpaired) electrons. The van der Waals surface area contributed by atoms with Crippen LogP contribution in [0, 0.1) is 0 Å². The van der Waals surface area contributed by atoms with E-state index in [2.05, 4.69) is 10.3 Å². The molecule has 1 aromatic heterocycles. The Morgan fingerprint density at radius 1 is 1.33 bits per heavy atom. The minimum Gasteiger partial charge on any atom is -0.332 e. The highest BCUT2D eigenvalue weighted by Crippen LogP contribution is 2.26. The van der Waals surface area contributed by atoms with Gasteiger partial charge in [0.2, 0.25) is 0 Å². The molecule has 0 spiro atoms. The molecule has 2 fully saturated rings. The monoisotopic (exact) mass is 363 g/mol. The van der Waals surface area contributed by atoms with E-state index in [1.165, 1.54) is 11.3 Å². The third-order valence-electron chi connectivity index (χ3n) is 4.53. The lowest BCUT2D eigenvalue weighted by Crippen LogP contribution is -2.59. The molecule has 8 heteroatoms. The predicted molar refractivity (Wildman–Crippen MR) is 92.8 cm³/mol. The largest absolute Gasteiger partial charge is 0.332 e. The second-order valence-electron chi connectivity index (χ2n) is 6.12. The molecule has 2 atom stereocenters. The number of thiazole rings is 1. The first kappa shape index (κ1) is 15.7. The fourth-order valence-corrected chi connectivity index (χ4v) is 6.03. The number of aromatic nitrogens is 1. The van der Waals surface area contributed by atoms with Crippen LogP contribution in [0.1, 0.15) is 10.4 Å². The average molecular weight is 363 g/mol. The van der Waals surface area contributed by atoms with Gasteiger partial charge in [0.05, 0.1) is 17.5 Å². The molecule has 3 heterocycles. The van der Waals surface area contributed by atoms with E-state index >= 15 is 0 Å². The van der Waals surface area contributed by atoms with E-state index in [1.54, 1.807) is 17.2 Å². The zero-order valence-corrected chi connectivity index (χ0v) is 14.5. The van der Waals surface area contributed by atoms with Gasteiger partial charge in [-0.15, -0.1) is 11.3 Å². The fraction of sp³-hybridized carbons (Fsp3) is 0.375. The van der Waals surface area contributed by atoms with Crippen molar-refractivity contribution in [2.45, 2.75) is 12.1 Å². The highest BCUT2D eigenvalue weighted by Gasteiger charge is 2.44. The number of sulfone groups is 1. The van der Waals surface area contributed by atoms with Crippen LogP contribution in [0.15, 0.2) is 35.8 Å². The smallest absolute Gasteiger partial charge is 0.254 e. The standard InChI is InChI=1S/C16H17N3O3S2/c20-16(12-3-1-2-11(8-12)15-18-5-7-23-15)19-6-4-17-13-9-24(21,22)10-14(13)19/h1-3,5,7-8,13-14,17H,4,6,9-10H2/t13-,14+/m1/s1. The van der Waals surface area contributed by atoms with Gasteiger partial charge in [-0.25, -0.2) is 13.4 Å². The number of carbonyl (C=O) groups is 1. The van der Waals surface area contributed by atoms with Crippen molar-refractivity contribution in [2.75, 3.05) is 24.6 Å². The van der Waals surface area contributed by atoms with Crippen molar-refractivity contribution in [2.24, 2.45) is 0 Å². The van der Waals surface area contributed by atoms with Crippen LogP contribution >= 0.6 is 11.3 Å². The molecule has 1 amide bonds. The van der Waals surface area contributed by atoms with Gasteiger partial charge >= 0.3 is 0 Å². The van der Waals surface area contributed by atoms with Crippen molar-refractivity contribution in [1.29, 1.82) is 0 Å². The van der Waals surface area contributed by atoms with Gasteiger partial charge in [0.25, 0.3) is 5.91 Å². The second-order valence-corrected chi connectivity index (χ2v) is 9.17. The van der Waals surface area contributed by atoms with Crippen molar-refractivity contribution in [3.8, 4) is 10.6 Å². The van der Waals surface area contributed by atoms with E-state index in [0.717, 1.165) is 10.6 Å². The number of hydrogen-bond donors (Lipinski definition) is 1. The molecule has 2 saturated heterocycles. The van der Waals surface area contributed by atoms with Crippen LogP contribution in [-0.2, 0) is 9.84 Å². The van der Waals surface area contributed by atoms with Gasteiger partial charge in [-0.3, -0.25) is 4.79 Å². The van der Waals surface area contributed by atoms with E-state index in [-0.39, 0.29) is 29.5 Å². The molecule has 0 bridgehead atoms. The molecule has 1 aromatic carbocycles. The van der Waals surface area contributed by atoms with Crippen LogP contribution < -0.4 is 5.32 Å². The molecule has 6 nitrogen and oxygen atoms in total. The van der Waals surface area contributed by atoms with Crippen molar-refractivity contribution in [3.05, 3.63) is 41.4 Å². The Morgan fingerprint density at radius 2 is 2.21 bits per heavy atom. The Hall–Kier alpha value is -1.77. The van der Waals surface area contributed by atoms with E-state index in [4.69, 9.17) is 0 Å². The summed E-state index contributed by atoms with van der Waals surface area (Å²) in [6, 6.07) is 6.95.